The highest BCUT2D eigenvalue weighted by molar-refractivity contribution is 7.81. The maximum atomic E-state index is 11.7. The molecule has 1 heterocycles. The van der Waals surface area contributed by atoms with Gasteiger partial charge in [-0.25, -0.2) is 0 Å². The first-order valence-corrected chi connectivity index (χ1v) is 12.7. The molecule has 3 N–H and O–H groups in total. The Hall–Kier alpha value is -2.74. The van der Waals surface area contributed by atoms with E-state index in [1.165, 1.54) is 25.3 Å². The van der Waals surface area contributed by atoms with Gasteiger partial charge in [-0.15, -0.1) is 0 Å². The van der Waals surface area contributed by atoms with Crippen LogP contribution in [0.25, 0.3) is 32.9 Å². The highest BCUT2D eigenvalue weighted by atomic mass is 35.5. The second-order valence-electron chi connectivity index (χ2n) is 7.07. The standard InChI is InChI=1S/C20H15Cl2NO9S2/c1-9-13(21)8-15(30-2)18-16(9)20(32-34(27,28)29)17(23-18)12-7-14(22)10-5-3-4-6-11(10)19(12)31-33(24,25)26/h3-8,23H,1-2H3,(H,24,25,26)(H,27,28,29). The van der Waals surface area contributed by atoms with Gasteiger partial charge in [0.15, 0.2) is 11.5 Å². The minimum Gasteiger partial charge on any atom is -0.494 e. The molecular weight excluding hydrogens is 533 g/mol. The lowest BCUT2D eigenvalue weighted by atomic mass is 10.0. The van der Waals surface area contributed by atoms with Gasteiger partial charge in [0.2, 0.25) is 0 Å². The summed E-state index contributed by atoms with van der Waals surface area (Å²) in [5.74, 6) is -0.611. The van der Waals surface area contributed by atoms with Crippen LogP contribution in [0.5, 0.6) is 17.2 Å². The minimum atomic E-state index is -5.06. The van der Waals surface area contributed by atoms with E-state index in [0.717, 1.165) is 0 Å². The van der Waals surface area contributed by atoms with Gasteiger partial charge in [0, 0.05) is 32.4 Å². The number of methoxy groups -OCH3 is 1. The molecule has 180 valence electrons. The second-order valence-corrected chi connectivity index (χ2v) is 9.93. The van der Waals surface area contributed by atoms with Crippen molar-refractivity contribution in [3.05, 3.63) is 52.0 Å². The molecule has 0 atom stereocenters. The van der Waals surface area contributed by atoms with Crippen molar-refractivity contribution in [2.24, 2.45) is 0 Å². The van der Waals surface area contributed by atoms with E-state index in [2.05, 4.69) is 4.98 Å². The first-order valence-electron chi connectivity index (χ1n) is 9.25. The summed E-state index contributed by atoms with van der Waals surface area (Å²) in [6, 6.07) is 9.06. The molecule has 10 nitrogen and oxygen atoms in total. The van der Waals surface area contributed by atoms with Crippen molar-refractivity contribution in [1.29, 1.82) is 0 Å². The zero-order valence-electron chi connectivity index (χ0n) is 17.3. The fourth-order valence-electron chi connectivity index (χ4n) is 3.66. The molecule has 0 radical (unpaired) electrons. The van der Waals surface area contributed by atoms with Crippen LogP contribution < -0.4 is 13.1 Å². The van der Waals surface area contributed by atoms with Gasteiger partial charge in [0.25, 0.3) is 0 Å². The highest BCUT2D eigenvalue weighted by Crippen LogP contribution is 2.49. The highest BCUT2D eigenvalue weighted by Gasteiger charge is 2.28. The van der Waals surface area contributed by atoms with Crippen LogP contribution in [0.1, 0.15) is 5.56 Å². The third-order valence-electron chi connectivity index (χ3n) is 5.00. The number of fused-ring (bicyclic) bond motifs is 2. The fraction of sp³-hybridized carbons (Fsp3) is 0.100. The molecule has 0 unspecified atom stereocenters. The summed E-state index contributed by atoms with van der Waals surface area (Å²) in [5.41, 5.74) is 0.333. The fourth-order valence-corrected chi connectivity index (χ4v) is 4.90. The SMILES string of the molecule is COc1cc(Cl)c(C)c2c(OS(=O)(=O)O)c(-c3cc(Cl)c4ccccc4c3OS(=O)(=O)O)[nH]c12. The number of aromatic amines is 1. The van der Waals surface area contributed by atoms with Gasteiger partial charge in [0.05, 0.1) is 23.7 Å². The Morgan fingerprint density at radius 2 is 1.47 bits per heavy atom. The average molecular weight is 548 g/mol. The Morgan fingerprint density at radius 3 is 2.06 bits per heavy atom. The Balaban J connectivity index is 2.21. The molecule has 0 aliphatic heterocycles. The molecule has 0 saturated carbocycles. The number of hydrogen-bond donors (Lipinski definition) is 3. The van der Waals surface area contributed by atoms with Crippen LogP contribution in [0.4, 0.5) is 0 Å². The van der Waals surface area contributed by atoms with Crippen LogP contribution in [0, 0.1) is 6.92 Å². The van der Waals surface area contributed by atoms with Gasteiger partial charge in [0.1, 0.15) is 5.75 Å². The van der Waals surface area contributed by atoms with Crippen LogP contribution in [0.3, 0.4) is 0 Å². The van der Waals surface area contributed by atoms with Crippen LogP contribution in [-0.4, -0.2) is 38.0 Å². The zero-order chi connectivity index (χ0) is 25.0. The summed E-state index contributed by atoms with van der Waals surface area (Å²) in [4.78, 5) is 2.91. The largest absolute Gasteiger partial charge is 0.494 e. The van der Waals surface area contributed by atoms with Gasteiger partial charge in [-0.2, -0.15) is 16.8 Å². The Bertz CT molecular complexity index is 1680. The molecule has 0 aliphatic rings. The van der Waals surface area contributed by atoms with Crippen molar-refractivity contribution in [2.75, 3.05) is 7.11 Å². The molecule has 4 aromatic rings. The van der Waals surface area contributed by atoms with E-state index < -0.39 is 26.5 Å². The first-order chi connectivity index (χ1) is 15.8. The summed E-state index contributed by atoms with van der Waals surface area (Å²) in [6.45, 7) is 1.57. The number of benzene rings is 3. The molecule has 0 saturated heterocycles. The molecule has 14 heteroatoms. The van der Waals surface area contributed by atoms with Gasteiger partial charge in [-0.1, -0.05) is 47.5 Å². The van der Waals surface area contributed by atoms with E-state index >= 15 is 0 Å². The maximum Gasteiger partial charge on any atom is 0.446 e. The molecule has 34 heavy (non-hydrogen) atoms. The number of ether oxygens (including phenoxy) is 1. The van der Waals surface area contributed by atoms with Crippen LogP contribution in [0.2, 0.25) is 10.0 Å². The predicted octanol–water partition coefficient (Wildman–Crippen LogP) is 4.98. The monoisotopic (exact) mass is 547 g/mol. The third-order valence-corrected chi connectivity index (χ3v) is 6.46. The van der Waals surface area contributed by atoms with Crippen molar-refractivity contribution in [1.82, 2.24) is 4.98 Å². The van der Waals surface area contributed by atoms with E-state index in [1.54, 1.807) is 25.1 Å². The van der Waals surface area contributed by atoms with Crippen molar-refractivity contribution in [3.8, 4) is 28.5 Å². The zero-order valence-corrected chi connectivity index (χ0v) is 20.4. The molecule has 0 spiro atoms. The summed E-state index contributed by atoms with van der Waals surface area (Å²) >= 11 is 12.7. The minimum absolute atomic E-state index is 0.103. The molecule has 0 fully saturated rings. The third kappa shape index (κ3) is 4.48. The van der Waals surface area contributed by atoms with Crippen LogP contribution >= 0.6 is 23.2 Å². The van der Waals surface area contributed by atoms with Gasteiger partial charge < -0.3 is 18.1 Å². The summed E-state index contributed by atoms with van der Waals surface area (Å²) < 4.78 is 80.8. The average Bonchev–Trinajstić information content (AvgIpc) is 3.09. The summed E-state index contributed by atoms with van der Waals surface area (Å²) in [7, 11) is -8.74. The normalized spacial score (nSPS) is 12.3. The van der Waals surface area contributed by atoms with Gasteiger partial charge in [-0.3, -0.25) is 9.11 Å². The number of nitrogens with one attached hydrogen (secondary N) is 1. The second kappa shape index (κ2) is 8.48. The molecule has 0 amide bonds. The van der Waals surface area contributed by atoms with Crippen molar-refractivity contribution < 1.29 is 39.0 Å². The Kier molecular flexibility index (Phi) is 6.09. The smallest absolute Gasteiger partial charge is 0.446 e. The number of aromatic nitrogens is 1. The van der Waals surface area contributed by atoms with Crippen molar-refractivity contribution in [3.63, 3.8) is 0 Å². The molecule has 1 aromatic heterocycles. The lowest BCUT2D eigenvalue weighted by Crippen LogP contribution is -2.09. The summed E-state index contributed by atoms with van der Waals surface area (Å²) in [6.07, 6.45) is 0. The Morgan fingerprint density at radius 1 is 0.882 bits per heavy atom. The van der Waals surface area contributed by atoms with Gasteiger partial charge in [-0.05, 0) is 18.6 Å². The van der Waals surface area contributed by atoms with Gasteiger partial charge >= 0.3 is 20.8 Å². The van der Waals surface area contributed by atoms with E-state index in [-0.39, 0.29) is 49.1 Å². The number of halogens is 2. The van der Waals surface area contributed by atoms with Crippen LogP contribution in [-0.2, 0) is 20.8 Å². The lowest BCUT2D eigenvalue weighted by molar-refractivity contribution is 0.384. The molecule has 0 aliphatic carbocycles. The topological polar surface area (TPSA) is 152 Å². The van der Waals surface area contributed by atoms with E-state index in [0.29, 0.717) is 10.9 Å². The maximum absolute atomic E-state index is 11.7. The molecule has 0 bridgehead atoms. The summed E-state index contributed by atoms with van der Waals surface area (Å²) in [5, 5.41) is 1.03. The number of hydrogen-bond acceptors (Lipinski definition) is 7. The van der Waals surface area contributed by atoms with Crippen LogP contribution in [0.15, 0.2) is 36.4 Å². The Labute approximate surface area is 203 Å². The number of H-pyrrole nitrogens is 1. The van der Waals surface area contributed by atoms with E-state index in [4.69, 9.17) is 36.3 Å². The van der Waals surface area contributed by atoms with Crippen molar-refractivity contribution in [2.45, 2.75) is 6.92 Å². The molecule has 3 aromatic carbocycles. The molecule has 4 rings (SSSR count). The first kappa shape index (κ1) is 24.4. The lowest BCUT2D eigenvalue weighted by Gasteiger charge is -2.14. The number of aryl methyl sites for hydroxylation is 1. The predicted molar refractivity (Wildman–Crippen MR) is 127 cm³/mol. The molecular formula is C20H15Cl2NO9S2. The van der Waals surface area contributed by atoms with Crippen molar-refractivity contribution >= 4 is 65.7 Å². The van der Waals surface area contributed by atoms with E-state index in [1.807, 2.05) is 0 Å². The van der Waals surface area contributed by atoms with E-state index in [9.17, 15) is 25.9 Å². The number of rotatable bonds is 6. The quantitative estimate of drug-likeness (QED) is 0.283.